The van der Waals surface area contributed by atoms with Gasteiger partial charge in [-0.15, -0.1) is 0 Å². The van der Waals surface area contributed by atoms with Crippen LogP contribution < -0.4 is 5.14 Å². The quantitative estimate of drug-likeness (QED) is 0.676. The van der Waals surface area contributed by atoms with Crippen LogP contribution in [-0.2, 0) is 10.2 Å². The first kappa shape index (κ1) is 10.8. The lowest BCUT2D eigenvalue weighted by Crippen LogP contribution is -2.51. The maximum atomic E-state index is 13.0. The summed E-state index contributed by atoms with van der Waals surface area (Å²) in [4.78, 5) is 0. The van der Waals surface area contributed by atoms with Gasteiger partial charge in [-0.1, -0.05) is 6.92 Å². The van der Waals surface area contributed by atoms with Crippen LogP contribution in [0.5, 0.6) is 0 Å². The van der Waals surface area contributed by atoms with Crippen LogP contribution in [0.3, 0.4) is 0 Å². The molecular weight excluding hydrogens is 202 g/mol. The summed E-state index contributed by atoms with van der Waals surface area (Å²) in [5.41, 5.74) is 0. The standard InChI is InChI=1S/C6H12F2N2O2S/c1-5-2-3-10(13(9,11)12)4-6(5,7)8/h5H,2-4H2,1H3,(H2,9,11,12). The van der Waals surface area contributed by atoms with Crippen LogP contribution in [0.15, 0.2) is 0 Å². The largest absolute Gasteiger partial charge is 0.277 e. The summed E-state index contributed by atoms with van der Waals surface area (Å²) >= 11 is 0. The zero-order valence-electron chi connectivity index (χ0n) is 7.20. The lowest BCUT2D eigenvalue weighted by atomic mass is 9.96. The van der Waals surface area contributed by atoms with E-state index in [0.717, 1.165) is 0 Å². The van der Waals surface area contributed by atoms with Gasteiger partial charge in [0.2, 0.25) is 0 Å². The van der Waals surface area contributed by atoms with Crippen molar-refractivity contribution < 1.29 is 17.2 Å². The van der Waals surface area contributed by atoms with Crippen LogP contribution in [0.2, 0.25) is 0 Å². The van der Waals surface area contributed by atoms with E-state index in [2.05, 4.69) is 0 Å². The summed E-state index contributed by atoms with van der Waals surface area (Å²) in [5.74, 6) is -3.75. The smallest absolute Gasteiger partial charge is 0.216 e. The number of hydrogen-bond donors (Lipinski definition) is 1. The van der Waals surface area contributed by atoms with Crippen molar-refractivity contribution in [2.24, 2.45) is 11.1 Å². The van der Waals surface area contributed by atoms with Gasteiger partial charge in [0.15, 0.2) is 0 Å². The Morgan fingerprint density at radius 2 is 2.08 bits per heavy atom. The second-order valence-corrected chi connectivity index (χ2v) is 4.88. The molecule has 13 heavy (non-hydrogen) atoms. The molecule has 2 N–H and O–H groups in total. The first-order valence-electron chi connectivity index (χ1n) is 3.89. The molecule has 4 nitrogen and oxygen atoms in total. The van der Waals surface area contributed by atoms with Crippen LogP contribution in [0, 0.1) is 5.92 Å². The van der Waals surface area contributed by atoms with E-state index in [-0.39, 0.29) is 13.0 Å². The number of alkyl halides is 2. The molecule has 0 saturated carbocycles. The average Bonchev–Trinajstić information content (AvgIpc) is 1.92. The zero-order chi connectivity index (χ0) is 10.3. The van der Waals surface area contributed by atoms with E-state index in [0.29, 0.717) is 4.31 Å². The van der Waals surface area contributed by atoms with Gasteiger partial charge in [0.1, 0.15) is 0 Å². The second kappa shape index (κ2) is 3.14. The van der Waals surface area contributed by atoms with E-state index in [1.165, 1.54) is 6.92 Å². The monoisotopic (exact) mass is 214 g/mol. The van der Waals surface area contributed by atoms with Gasteiger partial charge in [-0.25, -0.2) is 13.9 Å². The average molecular weight is 214 g/mol. The Kier molecular flexibility index (Phi) is 2.61. The molecule has 0 aliphatic carbocycles. The van der Waals surface area contributed by atoms with Crippen LogP contribution >= 0.6 is 0 Å². The van der Waals surface area contributed by atoms with Gasteiger partial charge < -0.3 is 0 Å². The molecule has 1 unspecified atom stereocenters. The third kappa shape index (κ3) is 2.35. The number of nitrogens with zero attached hydrogens (tertiary/aromatic N) is 1. The molecule has 1 rings (SSSR count). The van der Waals surface area contributed by atoms with E-state index < -0.39 is 28.6 Å². The molecule has 1 aliphatic rings. The number of hydrogen-bond acceptors (Lipinski definition) is 2. The summed E-state index contributed by atoms with van der Waals surface area (Å²) in [6.07, 6.45) is 0.142. The highest BCUT2D eigenvalue weighted by atomic mass is 32.2. The van der Waals surface area contributed by atoms with E-state index in [4.69, 9.17) is 5.14 Å². The van der Waals surface area contributed by atoms with E-state index >= 15 is 0 Å². The highest BCUT2D eigenvalue weighted by Crippen LogP contribution is 2.32. The maximum Gasteiger partial charge on any atom is 0.277 e. The molecule has 78 valence electrons. The fourth-order valence-corrected chi connectivity index (χ4v) is 1.95. The van der Waals surface area contributed by atoms with Crippen LogP contribution in [0.1, 0.15) is 13.3 Å². The molecule has 0 amide bonds. The Bertz CT molecular complexity index is 291. The van der Waals surface area contributed by atoms with Crippen LogP contribution in [0.25, 0.3) is 0 Å². The third-order valence-electron chi connectivity index (χ3n) is 2.28. The maximum absolute atomic E-state index is 13.0. The summed E-state index contributed by atoms with van der Waals surface area (Å²) in [6.45, 7) is 0.684. The van der Waals surface area contributed by atoms with E-state index in [1.54, 1.807) is 0 Å². The topological polar surface area (TPSA) is 63.4 Å². The number of rotatable bonds is 1. The van der Waals surface area contributed by atoms with Gasteiger partial charge >= 0.3 is 0 Å². The summed E-state index contributed by atoms with van der Waals surface area (Å²) in [6, 6.07) is 0. The molecule has 0 radical (unpaired) electrons. The van der Waals surface area contributed by atoms with Crippen LogP contribution in [-0.4, -0.2) is 31.7 Å². The van der Waals surface area contributed by atoms with E-state index in [9.17, 15) is 17.2 Å². The lowest BCUT2D eigenvalue weighted by Gasteiger charge is -2.34. The van der Waals surface area contributed by atoms with Gasteiger partial charge in [0.05, 0.1) is 6.54 Å². The Morgan fingerprint density at radius 1 is 1.54 bits per heavy atom. The van der Waals surface area contributed by atoms with Gasteiger partial charge in [0, 0.05) is 12.5 Å². The summed E-state index contributed by atoms with van der Waals surface area (Å²) in [5, 5.41) is 4.74. The predicted octanol–water partition coefficient (Wildman–Crippen LogP) is 0.167. The highest BCUT2D eigenvalue weighted by Gasteiger charge is 2.44. The number of nitrogens with two attached hydrogens (primary N) is 1. The molecule has 1 saturated heterocycles. The molecule has 0 aromatic rings. The van der Waals surface area contributed by atoms with Crippen molar-refractivity contribution in [3.63, 3.8) is 0 Å². The normalized spacial score (nSPS) is 30.3. The van der Waals surface area contributed by atoms with Crippen molar-refractivity contribution in [2.45, 2.75) is 19.3 Å². The van der Waals surface area contributed by atoms with Crippen LogP contribution in [0.4, 0.5) is 8.78 Å². The predicted molar refractivity (Wildman–Crippen MR) is 43.4 cm³/mol. The van der Waals surface area contributed by atoms with Crippen molar-refractivity contribution in [1.82, 2.24) is 4.31 Å². The number of halogens is 2. The minimum atomic E-state index is -3.97. The van der Waals surface area contributed by atoms with Gasteiger partial charge in [-0.3, -0.25) is 0 Å². The highest BCUT2D eigenvalue weighted by molar-refractivity contribution is 7.86. The Hall–Kier alpha value is -0.270. The lowest BCUT2D eigenvalue weighted by molar-refractivity contribution is -0.0864. The van der Waals surface area contributed by atoms with Gasteiger partial charge in [-0.05, 0) is 6.42 Å². The minimum absolute atomic E-state index is 0.0790. The molecule has 0 aromatic carbocycles. The SMILES string of the molecule is CC1CCN(S(N)(=O)=O)CC1(F)F. The molecular formula is C6H12F2N2O2S. The fraction of sp³-hybridized carbons (Fsp3) is 1.00. The fourth-order valence-electron chi connectivity index (χ4n) is 1.24. The molecule has 0 aromatic heterocycles. The minimum Gasteiger partial charge on any atom is -0.216 e. The second-order valence-electron chi connectivity index (χ2n) is 3.33. The first-order chi connectivity index (χ1) is 5.73. The molecule has 7 heteroatoms. The Balaban J connectivity index is 2.78. The molecule has 1 atom stereocenters. The molecule has 0 bridgehead atoms. The molecule has 0 spiro atoms. The Morgan fingerprint density at radius 3 is 2.46 bits per heavy atom. The molecule has 1 heterocycles. The molecule has 1 fully saturated rings. The zero-order valence-corrected chi connectivity index (χ0v) is 8.02. The molecule has 1 aliphatic heterocycles. The van der Waals surface area contributed by atoms with Gasteiger partial charge in [0.25, 0.3) is 16.1 Å². The van der Waals surface area contributed by atoms with Crippen molar-refractivity contribution >= 4 is 10.2 Å². The van der Waals surface area contributed by atoms with Crippen molar-refractivity contribution in [2.75, 3.05) is 13.1 Å². The summed E-state index contributed by atoms with van der Waals surface area (Å²) in [7, 11) is -3.97. The van der Waals surface area contributed by atoms with E-state index in [1.807, 2.05) is 0 Å². The first-order valence-corrected chi connectivity index (χ1v) is 5.39. The third-order valence-corrected chi connectivity index (χ3v) is 3.31. The van der Waals surface area contributed by atoms with Gasteiger partial charge in [-0.2, -0.15) is 12.7 Å². The van der Waals surface area contributed by atoms with Crippen molar-refractivity contribution in [1.29, 1.82) is 0 Å². The van der Waals surface area contributed by atoms with Crippen molar-refractivity contribution in [3.8, 4) is 0 Å². The van der Waals surface area contributed by atoms with Crippen molar-refractivity contribution in [3.05, 3.63) is 0 Å². The number of piperidine rings is 1. The summed E-state index contributed by atoms with van der Waals surface area (Å²) < 4.78 is 48.2. The Labute approximate surface area is 75.9 Å².